The molecule has 0 amide bonds. The average Bonchev–Trinajstić information content (AvgIpc) is 3.22. The van der Waals surface area contributed by atoms with Gasteiger partial charge in [-0.3, -0.25) is 0 Å². The lowest BCUT2D eigenvalue weighted by Crippen LogP contribution is -2.27. The van der Waals surface area contributed by atoms with Crippen molar-refractivity contribution in [2.75, 3.05) is 6.54 Å². The molecule has 0 spiro atoms. The molecular weight excluding hydrogens is 284 g/mol. The van der Waals surface area contributed by atoms with Crippen LogP contribution in [0, 0.1) is 12.8 Å². The Bertz CT molecular complexity index is 684. The van der Waals surface area contributed by atoms with Gasteiger partial charge in [-0.05, 0) is 51.1 Å². The van der Waals surface area contributed by atoms with Crippen molar-refractivity contribution in [1.29, 1.82) is 0 Å². The first kappa shape index (κ1) is 15.1. The van der Waals surface area contributed by atoms with Crippen molar-refractivity contribution in [1.82, 2.24) is 19.9 Å². The zero-order valence-corrected chi connectivity index (χ0v) is 14.4. The molecule has 1 saturated heterocycles. The normalized spacial score (nSPS) is 27.5. The van der Waals surface area contributed by atoms with Crippen molar-refractivity contribution in [3.8, 4) is 0 Å². The molecule has 1 aliphatic heterocycles. The summed E-state index contributed by atoms with van der Waals surface area (Å²) in [5.41, 5.74) is 4.70. The first-order valence-corrected chi connectivity index (χ1v) is 9.37. The van der Waals surface area contributed by atoms with Gasteiger partial charge in [0.1, 0.15) is 0 Å². The molecule has 2 unspecified atom stereocenters. The van der Waals surface area contributed by atoms with E-state index in [0.717, 1.165) is 23.8 Å². The minimum Gasteiger partial charge on any atom is -0.309 e. The van der Waals surface area contributed by atoms with Gasteiger partial charge in [-0.15, -0.1) is 0 Å². The minimum atomic E-state index is 0.409. The Hall–Kier alpha value is -1.42. The summed E-state index contributed by atoms with van der Waals surface area (Å²) in [6, 6.07) is 4.86. The number of piperidine rings is 1. The van der Waals surface area contributed by atoms with Gasteiger partial charge < -0.3 is 5.32 Å². The SMILES string of the molecule is CCCCC1CC1c1cc(C)n2nc([C@@H]3CCCCN3)cc2n1. The molecule has 2 aromatic heterocycles. The van der Waals surface area contributed by atoms with E-state index in [9.17, 15) is 0 Å². The number of nitrogens with one attached hydrogen (secondary N) is 1. The van der Waals surface area contributed by atoms with Crippen molar-refractivity contribution >= 4 is 5.65 Å². The number of fused-ring (bicyclic) bond motifs is 1. The molecule has 0 bridgehead atoms. The zero-order valence-electron chi connectivity index (χ0n) is 14.4. The second-order valence-corrected chi connectivity index (χ2v) is 7.41. The summed E-state index contributed by atoms with van der Waals surface area (Å²) in [6.45, 7) is 5.54. The van der Waals surface area contributed by atoms with Crippen LogP contribution in [0.25, 0.3) is 5.65 Å². The highest BCUT2D eigenvalue weighted by atomic mass is 15.3. The summed E-state index contributed by atoms with van der Waals surface area (Å²) in [5.74, 6) is 1.56. The molecule has 23 heavy (non-hydrogen) atoms. The van der Waals surface area contributed by atoms with E-state index in [1.807, 2.05) is 4.52 Å². The lowest BCUT2D eigenvalue weighted by molar-refractivity contribution is 0.404. The summed E-state index contributed by atoms with van der Waals surface area (Å²) in [6.07, 6.45) is 9.12. The summed E-state index contributed by atoms with van der Waals surface area (Å²) in [4.78, 5) is 4.94. The molecule has 1 saturated carbocycles. The van der Waals surface area contributed by atoms with E-state index in [2.05, 4.69) is 31.3 Å². The van der Waals surface area contributed by atoms with Crippen LogP contribution in [-0.4, -0.2) is 21.1 Å². The van der Waals surface area contributed by atoms with E-state index in [1.54, 1.807) is 0 Å². The summed E-state index contributed by atoms with van der Waals surface area (Å²) >= 11 is 0. The summed E-state index contributed by atoms with van der Waals surface area (Å²) < 4.78 is 2.03. The van der Waals surface area contributed by atoms with Crippen LogP contribution in [0.2, 0.25) is 0 Å². The smallest absolute Gasteiger partial charge is 0.155 e. The zero-order chi connectivity index (χ0) is 15.8. The number of nitrogens with zero attached hydrogens (tertiary/aromatic N) is 3. The maximum atomic E-state index is 4.94. The molecule has 3 heterocycles. The Kier molecular flexibility index (Phi) is 4.10. The van der Waals surface area contributed by atoms with Gasteiger partial charge in [0.2, 0.25) is 0 Å². The predicted molar refractivity (Wildman–Crippen MR) is 92.7 cm³/mol. The third-order valence-electron chi connectivity index (χ3n) is 5.54. The number of aromatic nitrogens is 3. The molecular formula is C19H28N4. The number of hydrogen-bond donors (Lipinski definition) is 1. The monoisotopic (exact) mass is 312 g/mol. The van der Waals surface area contributed by atoms with E-state index >= 15 is 0 Å². The quantitative estimate of drug-likeness (QED) is 0.902. The first-order chi connectivity index (χ1) is 11.3. The fourth-order valence-electron chi connectivity index (χ4n) is 4.03. The van der Waals surface area contributed by atoms with Crippen LogP contribution >= 0.6 is 0 Å². The van der Waals surface area contributed by atoms with Crippen molar-refractivity contribution in [2.45, 2.75) is 70.8 Å². The van der Waals surface area contributed by atoms with Crippen LogP contribution in [0.3, 0.4) is 0 Å². The van der Waals surface area contributed by atoms with Crippen molar-refractivity contribution in [3.05, 3.63) is 29.2 Å². The molecule has 4 nitrogen and oxygen atoms in total. The Balaban J connectivity index is 1.57. The third-order valence-corrected chi connectivity index (χ3v) is 5.54. The molecule has 2 aliphatic rings. The van der Waals surface area contributed by atoms with Gasteiger partial charge in [-0.25, -0.2) is 9.50 Å². The lowest BCUT2D eigenvalue weighted by atomic mass is 10.0. The molecule has 2 aromatic rings. The van der Waals surface area contributed by atoms with Crippen LogP contribution in [0.4, 0.5) is 0 Å². The molecule has 4 heteroatoms. The predicted octanol–water partition coefficient (Wildman–Crippen LogP) is 4.15. The topological polar surface area (TPSA) is 42.2 Å². The highest BCUT2D eigenvalue weighted by molar-refractivity contribution is 5.43. The van der Waals surface area contributed by atoms with Gasteiger partial charge in [-0.2, -0.15) is 5.10 Å². The second kappa shape index (κ2) is 6.23. The molecule has 0 aromatic carbocycles. The van der Waals surface area contributed by atoms with Gasteiger partial charge in [0.15, 0.2) is 5.65 Å². The first-order valence-electron chi connectivity index (χ1n) is 9.37. The summed E-state index contributed by atoms with van der Waals surface area (Å²) in [5, 5.41) is 8.41. The van der Waals surface area contributed by atoms with Crippen molar-refractivity contribution < 1.29 is 0 Å². The van der Waals surface area contributed by atoms with Crippen LogP contribution in [-0.2, 0) is 0 Å². The second-order valence-electron chi connectivity index (χ2n) is 7.41. The highest BCUT2D eigenvalue weighted by Crippen LogP contribution is 2.49. The van der Waals surface area contributed by atoms with Crippen LogP contribution in [0.5, 0.6) is 0 Å². The van der Waals surface area contributed by atoms with E-state index in [1.165, 1.54) is 56.3 Å². The molecule has 1 aliphatic carbocycles. The Morgan fingerprint density at radius 2 is 2.17 bits per heavy atom. The molecule has 1 N–H and O–H groups in total. The maximum Gasteiger partial charge on any atom is 0.155 e. The van der Waals surface area contributed by atoms with E-state index in [4.69, 9.17) is 10.1 Å². The summed E-state index contributed by atoms with van der Waals surface area (Å²) in [7, 11) is 0. The Labute approximate surface area is 138 Å². The van der Waals surface area contributed by atoms with Crippen molar-refractivity contribution in [3.63, 3.8) is 0 Å². The fraction of sp³-hybridized carbons (Fsp3) is 0.684. The molecule has 124 valence electrons. The minimum absolute atomic E-state index is 0.409. The van der Waals surface area contributed by atoms with E-state index in [-0.39, 0.29) is 0 Å². The van der Waals surface area contributed by atoms with E-state index in [0.29, 0.717) is 12.0 Å². The van der Waals surface area contributed by atoms with E-state index < -0.39 is 0 Å². The van der Waals surface area contributed by atoms with Gasteiger partial charge in [-0.1, -0.05) is 26.2 Å². The number of aryl methyl sites for hydroxylation is 1. The fourth-order valence-corrected chi connectivity index (χ4v) is 4.03. The molecule has 0 radical (unpaired) electrons. The Morgan fingerprint density at radius 1 is 1.26 bits per heavy atom. The average molecular weight is 312 g/mol. The Morgan fingerprint density at radius 3 is 2.96 bits per heavy atom. The van der Waals surface area contributed by atoms with Gasteiger partial charge in [0.05, 0.1) is 11.7 Å². The largest absolute Gasteiger partial charge is 0.309 e. The van der Waals surface area contributed by atoms with Gasteiger partial charge >= 0.3 is 0 Å². The van der Waals surface area contributed by atoms with Crippen molar-refractivity contribution in [2.24, 2.45) is 5.92 Å². The van der Waals surface area contributed by atoms with Crippen LogP contribution < -0.4 is 5.32 Å². The van der Waals surface area contributed by atoms with Gasteiger partial charge in [0, 0.05) is 23.4 Å². The lowest BCUT2D eigenvalue weighted by Gasteiger charge is -2.21. The standard InChI is InChI=1S/C19H28N4/c1-3-4-7-14-11-15(14)17-10-13(2)23-19(21-17)12-18(22-23)16-8-5-6-9-20-16/h10,12,14-16,20H,3-9,11H2,1-2H3/t14?,15?,16-/m0/s1. The van der Waals surface area contributed by atoms with Gasteiger partial charge in [0.25, 0.3) is 0 Å². The maximum absolute atomic E-state index is 4.94. The number of unbranched alkanes of at least 4 members (excludes halogenated alkanes) is 1. The van der Waals surface area contributed by atoms with Crippen LogP contribution in [0.15, 0.2) is 12.1 Å². The molecule has 4 rings (SSSR count). The van der Waals surface area contributed by atoms with Crippen LogP contribution in [0.1, 0.15) is 80.9 Å². The number of hydrogen-bond acceptors (Lipinski definition) is 3. The third kappa shape index (κ3) is 3.01. The number of rotatable bonds is 5. The highest BCUT2D eigenvalue weighted by Gasteiger charge is 2.38. The molecule has 3 atom stereocenters. The molecule has 2 fully saturated rings.